The van der Waals surface area contributed by atoms with Gasteiger partial charge in [0.15, 0.2) is 0 Å². The molecule has 0 radical (unpaired) electrons. The average Bonchev–Trinajstić information content (AvgIpc) is 2.38. The number of carboxylic acids is 1. The molecule has 0 aromatic carbocycles. The van der Waals surface area contributed by atoms with E-state index in [-0.39, 0.29) is 17.3 Å². The third-order valence-electron chi connectivity index (χ3n) is 2.64. The molecule has 1 aromatic rings. The van der Waals surface area contributed by atoms with Crippen LogP contribution in [-0.4, -0.2) is 33.4 Å². The lowest BCUT2D eigenvalue weighted by atomic mass is 10.1. The maximum absolute atomic E-state index is 11.9. The van der Waals surface area contributed by atoms with Crippen molar-refractivity contribution in [2.45, 2.75) is 13.3 Å². The molecule has 0 aliphatic carbocycles. The molecule has 8 nitrogen and oxygen atoms in total. The molecule has 1 rings (SSSR count). The Labute approximate surface area is 118 Å². The number of aliphatic carboxylic acids is 1. The summed E-state index contributed by atoms with van der Waals surface area (Å²) in [5.41, 5.74) is -0.745. The van der Waals surface area contributed by atoms with Crippen molar-refractivity contribution >= 4 is 29.2 Å². The second kappa shape index (κ2) is 6.80. The fourth-order valence-corrected chi connectivity index (χ4v) is 1.63. The van der Waals surface area contributed by atoms with Gasteiger partial charge < -0.3 is 10.4 Å². The van der Waals surface area contributed by atoms with Crippen LogP contribution in [0.1, 0.15) is 23.7 Å². The first-order chi connectivity index (χ1) is 9.36. The molecule has 1 atom stereocenters. The smallest absolute Gasteiger partial charge is 0.308 e. The van der Waals surface area contributed by atoms with Crippen LogP contribution in [0.15, 0.2) is 12.3 Å². The molecule has 0 bridgehead atoms. The summed E-state index contributed by atoms with van der Waals surface area (Å²) in [6, 6.07) is 1.07. The number of nitrogens with one attached hydrogen (secondary N) is 1. The summed E-state index contributed by atoms with van der Waals surface area (Å²) in [4.78, 5) is 36.3. The minimum atomic E-state index is -1.05. The highest BCUT2D eigenvalue weighted by molar-refractivity contribution is 6.29. The maximum Gasteiger partial charge on any atom is 0.308 e. The first-order valence-electron chi connectivity index (χ1n) is 5.67. The second-order valence-corrected chi connectivity index (χ2v) is 4.32. The summed E-state index contributed by atoms with van der Waals surface area (Å²) in [5, 5.41) is 21.9. The van der Waals surface area contributed by atoms with Gasteiger partial charge >= 0.3 is 5.97 Å². The Morgan fingerprint density at radius 1 is 1.60 bits per heavy atom. The maximum atomic E-state index is 11.9. The van der Waals surface area contributed by atoms with Crippen LogP contribution in [0, 0.1) is 16.0 Å². The van der Waals surface area contributed by atoms with Crippen LogP contribution in [0.25, 0.3) is 0 Å². The van der Waals surface area contributed by atoms with Crippen LogP contribution in [0.3, 0.4) is 0 Å². The molecule has 1 unspecified atom stereocenters. The number of pyridine rings is 1. The quantitative estimate of drug-likeness (QED) is 0.466. The van der Waals surface area contributed by atoms with Gasteiger partial charge in [0, 0.05) is 6.54 Å². The molecule has 0 saturated carbocycles. The lowest BCUT2D eigenvalue weighted by Gasteiger charge is -2.11. The Balaban J connectivity index is 2.89. The number of nitro groups is 1. The molecule has 1 amide bonds. The van der Waals surface area contributed by atoms with Crippen LogP contribution < -0.4 is 5.32 Å². The molecule has 0 aliphatic heterocycles. The molecular formula is C11H12ClN3O5. The zero-order chi connectivity index (χ0) is 15.3. The van der Waals surface area contributed by atoms with E-state index in [4.69, 9.17) is 16.7 Å². The summed E-state index contributed by atoms with van der Waals surface area (Å²) >= 11 is 5.60. The van der Waals surface area contributed by atoms with Gasteiger partial charge in [0.25, 0.3) is 11.6 Å². The van der Waals surface area contributed by atoms with Gasteiger partial charge in [-0.2, -0.15) is 0 Å². The van der Waals surface area contributed by atoms with Gasteiger partial charge in [0.2, 0.25) is 0 Å². The highest BCUT2D eigenvalue weighted by atomic mass is 35.5. The van der Waals surface area contributed by atoms with Crippen LogP contribution >= 0.6 is 11.6 Å². The van der Waals surface area contributed by atoms with Crippen LogP contribution in [0.2, 0.25) is 5.15 Å². The zero-order valence-corrected chi connectivity index (χ0v) is 11.3. The largest absolute Gasteiger partial charge is 0.481 e. The number of hydrogen-bond donors (Lipinski definition) is 2. The van der Waals surface area contributed by atoms with E-state index in [9.17, 15) is 19.7 Å². The number of carbonyl (C=O) groups excluding carboxylic acids is 1. The van der Waals surface area contributed by atoms with Crippen LogP contribution in [0.4, 0.5) is 5.69 Å². The average molecular weight is 302 g/mol. The van der Waals surface area contributed by atoms with Crippen LogP contribution in [0.5, 0.6) is 0 Å². The molecule has 0 aliphatic rings. The second-order valence-electron chi connectivity index (χ2n) is 3.93. The topological polar surface area (TPSA) is 122 Å². The van der Waals surface area contributed by atoms with Gasteiger partial charge in [-0.1, -0.05) is 18.5 Å². The SMILES string of the molecule is CCC(CNC(=O)c1cc(Cl)ncc1[N+](=O)[O-])C(=O)O. The Morgan fingerprint density at radius 3 is 2.75 bits per heavy atom. The number of nitrogens with zero attached hydrogens (tertiary/aromatic N) is 2. The molecule has 108 valence electrons. The van der Waals surface area contributed by atoms with Crippen molar-refractivity contribution in [3.63, 3.8) is 0 Å². The van der Waals surface area contributed by atoms with Crippen molar-refractivity contribution in [3.8, 4) is 0 Å². The van der Waals surface area contributed by atoms with E-state index in [0.717, 1.165) is 12.3 Å². The predicted molar refractivity (Wildman–Crippen MR) is 69.7 cm³/mol. The molecule has 0 saturated heterocycles. The Morgan fingerprint density at radius 2 is 2.25 bits per heavy atom. The standard InChI is InChI=1S/C11H12ClN3O5/c1-2-6(11(17)18)4-14-10(16)7-3-9(12)13-5-8(7)15(19)20/h3,5-6H,2,4H2,1H3,(H,14,16)(H,17,18). The van der Waals surface area contributed by atoms with Crippen molar-refractivity contribution in [1.82, 2.24) is 10.3 Å². The molecule has 0 spiro atoms. The van der Waals surface area contributed by atoms with Crippen molar-refractivity contribution in [3.05, 3.63) is 33.1 Å². The number of amides is 1. The highest BCUT2D eigenvalue weighted by Crippen LogP contribution is 2.20. The first kappa shape index (κ1) is 15.8. The van der Waals surface area contributed by atoms with Crippen molar-refractivity contribution in [2.24, 2.45) is 5.92 Å². The van der Waals surface area contributed by atoms with E-state index in [1.54, 1.807) is 6.92 Å². The summed E-state index contributed by atoms with van der Waals surface area (Å²) in [7, 11) is 0. The molecule has 9 heteroatoms. The number of carbonyl (C=O) groups is 2. The van der Waals surface area contributed by atoms with Crippen LogP contribution in [-0.2, 0) is 4.79 Å². The predicted octanol–water partition coefficient (Wildman–Crippen LogP) is 1.48. The molecule has 2 N–H and O–H groups in total. The van der Waals surface area contributed by atoms with Gasteiger partial charge in [0.05, 0.1) is 10.8 Å². The summed E-state index contributed by atoms with van der Waals surface area (Å²) < 4.78 is 0. The van der Waals surface area contributed by atoms with E-state index >= 15 is 0 Å². The Kier molecular flexibility index (Phi) is 5.39. The Bertz CT molecular complexity index is 549. The van der Waals surface area contributed by atoms with E-state index in [2.05, 4.69) is 10.3 Å². The normalized spacial score (nSPS) is 11.7. The van der Waals surface area contributed by atoms with E-state index < -0.39 is 28.4 Å². The number of rotatable bonds is 6. The minimum absolute atomic E-state index is 0.0639. The highest BCUT2D eigenvalue weighted by Gasteiger charge is 2.23. The molecular weight excluding hydrogens is 290 g/mol. The van der Waals surface area contributed by atoms with Gasteiger partial charge in [-0.3, -0.25) is 19.7 Å². The molecule has 1 aromatic heterocycles. The molecule has 0 fully saturated rings. The van der Waals surface area contributed by atoms with E-state index in [1.165, 1.54) is 0 Å². The van der Waals surface area contributed by atoms with E-state index in [0.29, 0.717) is 6.42 Å². The third-order valence-corrected chi connectivity index (χ3v) is 2.85. The third kappa shape index (κ3) is 3.89. The van der Waals surface area contributed by atoms with Gasteiger partial charge in [-0.15, -0.1) is 0 Å². The zero-order valence-electron chi connectivity index (χ0n) is 10.5. The lowest BCUT2D eigenvalue weighted by Crippen LogP contribution is -2.33. The summed E-state index contributed by atoms with van der Waals surface area (Å²) in [5.74, 6) is -2.56. The van der Waals surface area contributed by atoms with Crippen molar-refractivity contribution < 1.29 is 19.6 Å². The number of aromatic nitrogens is 1. The fourth-order valence-electron chi connectivity index (χ4n) is 1.47. The number of halogens is 1. The Hall–Kier alpha value is -2.22. The van der Waals surface area contributed by atoms with E-state index in [1.807, 2.05) is 0 Å². The number of hydrogen-bond acceptors (Lipinski definition) is 5. The number of carboxylic acid groups (broad SMARTS) is 1. The molecule has 20 heavy (non-hydrogen) atoms. The van der Waals surface area contributed by atoms with Gasteiger partial charge in [-0.05, 0) is 12.5 Å². The minimum Gasteiger partial charge on any atom is -0.481 e. The first-order valence-corrected chi connectivity index (χ1v) is 6.05. The monoisotopic (exact) mass is 301 g/mol. The summed E-state index contributed by atoms with van der Waals surface area (Å²) in [6.45, 7) is 1.54. The summed E-state index contributed by atoms with van der Waals surface area (Å²) in [6.07, 6.45) is 1.21. The lowest BCUT2D eigenvalue weighted by molar-refractivity contribution is -0.385. The van der Waals surface area contributed by atoms with Gasteiger partial charge in [0.1, 0.15) is 16.9 Å². The molecule has 1 heterocycles. The van der Waals surface area contributed by atoms with Crippen molar-refractivity contribution in [1.29, 1.82) is 0 Å². The van der Waals surface area contributed by atoms with Crippen molar-refractivity contribution in [2.75, 3.05) is 6.54 Å². The van der Waals surface area contributed by atoms with Gasteiger partial charge in [-0.25, -0.2) is 4.98 Å². The fraction of sp³-hybridized carbons (Fsp3) is 0.364.